The molecule has 5 rings (SSSR count). The second kappa shape index (κ2) is 10.1. The molecule has 0 aromatic heterocycles. The first kappa shape index (κ1) is 24.5. The summed E-state index contributed by atoms with van der Waals surface area (Å²) in [4.78, 5) is 30.5. The van der Waals surface area contributed by atoms with Crippen LogP contribution in [0.25, 0.3) is 5.76 Å². The third-order valence-electron chi connectivity index (χ3n) is 7.39. The van der Waals surface area contributed by atoms with Gasteiger partial charge in [0.05, 0.1) is 24.8 Å². The summed E-state index contributed by atoms with van der Waals surface area (Å²) in [6.45, 7) is 10.2. The van der Waals surface area contributed by atoms with Gasteiger partial charge in [-0.2, -0.15) is 0 Å². The maximum Gasteiger partial charge on any atom is 0.295 e. The second-order valence-electron chi connectivity index (χ2n) is 10.2. The average Bonchev–Trinajstić information content (AvgIpc) is 3.38. The number of ketones is 1. The highest BCUT2D eigenvalue weighted by Gasteiger charge is 2.46. The number of amides is 1. The van der Waals surface area contributed by atoms with Crippen LogP contribution in [-0.4, -0.2) is 72.1 Å². The molecule has 0 saturated carbocycles. The van der Waals surface area contributed by atoms with Gasteiger partial charge in [-0.1, -0.05) is 38.1 Å². The molecular formula is C29H34N2O5. The molecule has 3 aliphatic heterocycles. The predicted octanol–water partition coefficient (Wildman–Crippen LogP) is 3.89. The Bertz CT molecular complexity index is 1180. The van der Waals surface area contributed by atoms with E-state index in [9.17, 15) is 14.7 Å². The highest BCUT2D eigenvalue weighted by atomic mass is 16.5. The van der Waals surface area contributed by atoms with E-state index in [4.69, 9.17) is 9.47 Å². The molecule has 190 valence electrons. The van der Waals surface area contributed by atoms with Gasteiger partial charge in [-0.15, -0.1) is 0 Å². The standard InChI is InChI=1S/C29H34N2O5/c1-18(2)20-4-6-21(7-5-20)26-25(27(32)22-8-9-24-23(17-22)16-19(3)36-24)28(33)29(34)31(26)11-10-30-12-14-35-15-13-30/h4-9,17-19,26,32H,10-16H2,1-3H3/b27-25+/t19-,26-/m0/s1. The zero-order chi connectivity index (χ0) is 25.4. The molecule has 0 radical (unpaired) electrons. The van der Waals surface area contributed by atoms with E-state index in [1.807, 2.05) is 43.3 Å². The minimum atomic E-state index is -0.643. The van der Waals surface area contributed by atoms with Crippen LogP contribution in [0.3, 0.4) is 0 Å². The summed E-state index contributed by atoms with van der Waals surface area (Å²) in [5, 5.41) is 11.4. The Morgan fingerprint density at radius 3 is 2.47 bits per heavy atom. The number of morpholine rings is 1. The lowest BCUT2D eigenvalue weighted by Gasteiger charge is -2.31. The molecule has 36 heavy (non-hydrogen) atoms. The summed E-state index contributed by atoms with van der Waals surface area (Å²) in [7, 11) is 0. The number of likely N-dealkylation sites (tertiary alicyclic amines) is 1. The zero-order valence-corrected chi connectivity index (χ0v) is 21.2. The van der Waals surface area contributed by atoms with Crippen LogP contribution in [0.1, 0.15) is 55.0 Å². The Morgan fingerprint density at radius 1 is 1.06 bits per heavy atom. The van der Waals surface area contributed by atoms with E-state index < -0.39 is 17.7 Å². The van der Waals surface area contributed by atoms with E-state index in [0.29, 0.717) is 37.8 Å². The number of fused-ring (bicyclic) bond motifs is 1. The number of benzene rings is 2. The van der Waals surface area contributed by atoms with Gasteiger partial charge in [-0.3, -0.25) is 14.5 Å². The monoisotopic (exact) mass is 490 g/mol. The number of ether oxygens (including phenoxy) is 2. The third-order valence-corrected chi connectivity index (χ3v) is 7.39. The topological polar surface area (TPSA) is 79.3 Å². The van der Waals surface area contributed by atoms with Crippen molar-refractivity contribution in [3.8, 4) is 5.75 Å². The lowest BCUT2D eigenvalue weighted by molar-refractivity contribution is -0.140. The van der Waals surface area contributed by atoms with Crippen molar-refractivity contribution in [2.45, 2.75) is 45.3 Å². The van der Waals surface area contributed by atoms with E-state index >= 15 is 0 Å². The number of aliphatic hydroxyl groups is 1. The van der Waals surface area contributed by atoms with Gasteiger partial charge in [0.15, 0.2) is 0 Å². The maximum absolute atomic E-state index is 13.4. The first-order valence-corrected chi connectivity index (χ1v) is 12.8. The molecule has 2 atom stereocenters. The van der Waals surface area contributed by atoms with Crippen molar-refractivity contribution in [3.05, 3.63) is 70.3 Å². The van der Waals surface area contributed by atoms with Crippen molar-refractivity contribution < 1.29 is 24.2 Å². The highest BCUT2D eigenvalue weighted by Crippen LogP contribution is 2.40. The van der Waals surface area contributed by atoms with Crippen LogP contribution in [0.2, 0.25) is 0 Å². The second-order valence-corrected chi connectivity index (χ2v) is 10.2. The Hall–Kier alpha value is -3.16. The van der Waals surface area contributed by atoms with Gasteiger partial charge >= 0.3 is 0 Å². The summed E-state index contributed by atoms with van der Waals surface area (Å²) < 4.78 is 11.2. The van der Waals surface area contributed by atoms with E-state index in [2.05, 4.69) is 18.7 Å². The molecule has 0 aliphatic carbocycles. The van der Waals surface area contributed by atoms with Crippen molar-refractivity contribution in [2.75, 3.05) is 39.4 Å². The van der Waals surface area contributed by atoms with Gasteiger partial charge in [0, 0.05) is 38.2 Å². The van der Waals surface area contributed by atoms with E-state index in [1.54, 1.807) is 11.0 Å². The summed E-state index contributed by atoms with van der Waals surface area (Å²) in [5.41, 5.74) is 3.66. The fourth-order valence-corrected chi connectivity index (χ4v) is 5.32. The molecule has 3 heterocycles. The van der Waals surface area contributed by atoms with E-state index in [1.165, 1.54) is 5.56 Å². The van der Waals surface area contributed by atoms with Crippen LogP contribution >= 0.6 is 0 Å². The van der Waals surface area contributed by atoms with Crippen LogP contribution in [0.15, 0.2) is 48.0 Å². The van der Waals surface area contributed by atoms with E-state index in [-0.39, 0.29) is 17.4 Å². The number of Topliss-reactive ketones (excluding diaryl/α,β-unsaturated/α-hetero) is 1. The smallest absolute Gasteiger partial charge is 0.295 e. The largest absolute Gasteiger partial charge is 0.507 e. The van der Waals surface area contributed by atoms with Crippen LogP contribution in [0, 0.1) is 0 Å². The Kier molecular flexibility index (Phi) is 6.86. The van der Waals surface area contributed by atoms with Crippen LogP contribution in [0.4, 0.5) is 0 Å². The van der Waals surface area contributed by atoms with Crippen LogP contribution < -0.4 is 4.74 Å². The zero-order valence-electron chi connectivity index (χ0n) is 21.2. The number of nitrogens with zero attached hydrogens (tertiary/aromatic N) is 2. The van der Waals surface area contributed by atoms with E-state index in [0.717, 1.165) is 36.4 Å². The summed E-state index contributed by atoms with van der Waals surface area (Å²) in [6, 6.07) is 12.8. The fourth-order valence-electron chi connectivity index (χ4n) is 5.32. The minimum absolute atomic E-state index is 0.0719. The van der Waals surface area contributed by atoms with Gasteiger partial charge in [-0.05, 0) is 47.7 Å². The number of hydrogen-bond donors (Lipinski definition) is 1. The fraction of sp³-hybridized carbons (Fsp3) is 0.448. The van der Waals surface area contributed by atoms with Crippen molar-refractivity contribution in [1.29, 1.82) is 0 Å². The molecule has 2 aromatic rings. The molecule has 3 aliphatic rings. The lowest BCUT2D eigenvalue weighted by Crippen LogP contribution is -2.42. The summed E-state index contributed by atoms with van der Waals surface area (Å²) in [5.74, 6) is -0.186. The summed E-state index contributed by atoms with van der Waals surface area (Å²) >= 11 is 0. The normalized spacial score (nSPS) is 23.8. The summed E-state index contributed by atoms with van der Waals surface area (Å²) in [6.07, 6.45) is 0.812. The van der Waals surface area contributed by atoms with Gasteiger partial charge < -0.3 is 19.5 Å². The molecule has 0 bridgehead atoms. The molecule has 2 saturated heterocycles. The molecule has 0 spiro atoms. The maximum atomic E-state index is 13.4. The van der Waals surface area contributed by atoms with Crippen molar-refractivity contribution >= 4 is 17.4 Å². The first-order valence-electron chi connectivity index (χ1n) is 12.8. The predicted molar refractivity (Wildman–Crippen MR) is 137 cm³/mol. The number of carbonyl (C=O) groups is 2. The molecule has 0 unspecified atom stereocenters. The van der Waals surface area contributed by atoms with Crippen LogP contribution in [-0.2, 0) is 20.7 Å². The average molecular weight is 491 g/mol. The minimum Gasteiger partial charge on any atom is -0.507 e. The number of rotatable bonds is 6. The molecule has 7 heteroatoms. The SMILES string of the molecule is CC(C)c1ccc([C@H]2/C(=C(\O)c3ccc4c(c3)C[C@H](C)O4)C(=O)C(=O)N2CCN2CCOCC2)cc1. The Labute approximate surface area is 212 Å². The van der Waals surface area contributed by atoms with Crippen molar-refractivity contribution in [1.82, 2.24) is 9.80 Å². The van der Waals surface area contributed by atoms with Crippen LogP contribution in [0.5, 0.6) is 5.75 Å². The molecule has 2 fully saturated rings. The highest BCUT2D eigenvalue weighted by molar-refractivity contribution is 6.46. The van der Waals surface area contributed by atoms with Gasteiger partial charge in [0.1, 0.15) is 17.6 Å². The molecule has 2 aromatic carbocycles. The number of hydrogen-bond acceptors (Lipinski definition) is 6. The third kappa shape index (κ3) is 4.65. The molecule has 7 nitrogen and oxygen atoms in total. The Balaban J connectivity index is 1.53. The quantitative estimate of drug-likeness (QED) is 0.376. The lowest BCUT2D eigenvalue weighted by atomic mass is 9.92. The van der Waals surface area contributed by atoms with Gasteiger partial charge in [0.25, 0.3) is 11.7 Å². The number of carbonyl (C=O) groups excluding carboxylic acids is 2. The number of aliphatic hydroxyl groups excluding tert-OH is 1. The molecule has 1 amide bonds. The van der Waals surface area contributed by atoms with Gasteiger partial charge in [0.2, 0.25) is 0 Å². The van der Waals surface area contributed by atoms with Crippen molar-refractivity contribution in [2.24, 2.45) is 0 Å². The first-order chi connectivity index (χ1) is 17.3. The Morgan fingerprint density at radius 2 is 1.78 bits per heavy atom. The molecular weight excluding hydrogens is 456 g/mol. The van der Waals surface area contributed by atoms with Crippen molar-refractivity contribution in [3.63, 3.8) is 0 Å². The molecule has 1 N–H and O–H groups in total. The van der Waals surface area contributed by atoms with Gasteiger partial charge in [-0.25, -0.2) is 0 Å².